The lowest BCUT2D eigenvalue weighted by Gasteiger charge is -2.10. The first-order chi connectivity index (χ1) is 7.47. The van der Waals surface area contributed by atoms with Crippen molar-refractivity contribution in [2.45, 2.75) is 17.2 Å². The van der Waals surface area contributed by atoms with Crippen LogP contribution in [0.25, 0.3) is 0 Å². The summed E-state index contributed by atoms with van der Waals surface area (Å²) in [5.74, 6) is 0.511. The van der Waals surface area contributed by atoms with E-state index in [0.717, 1.165) is 19.5 Å². The highest BCUT2D eigenvalue weighted by Gasteiger charge is 2.21. The maximum absolute atomic E-state index is 11.1. The molecule has 16 heavy (non-hydrogen) atoms. The highest BCUT2D eigenvalue weighted by atomic mass is 35.7. The largest absolute Gasteiger partial charge is 0.306 e. The molecule has 0 aliphatic carbocycles. The minimum atomic E-state index is -3.59. The molecule has 2 rings (SSSR count). The third kappa shape index (κ3) is 2.56. The first-order valence-electron chi connectivity index (χ1n) is 5.20. The number of nitrogens with zero attached hydrogens (tertiary/aromatic N) is 1. The Morgan fingerprint density at radius 2 is 1.94 bits per heavy atom. The summed E-state index contributed by atoms with van der Waals surface area (Å²) in [4.78, 5) is 2.45. The molecule has 1 aliphatic rings. The molecule has 88 valence electrons. The number of likely N-dealkylation sites (N-methyl/N-ethyl adjacent to an activating group) is 1. The van der Waals surface area contributed by atoms with Crippen LogP contribution in [0.2, 0.25) is 0 Å². The average Bonchev–Trinajstić information content (AvgIpc) is 2.64. The van der Waals surface area contributed by atoms with E-state index in [1.165, 1.54) is 5.56 Å². The fourth-order valence-electron chi connectivity index (χ4n) is 2.11. The second kappa shape index (κ2) is 4.35. The molecule has 1 aliphatic heterocycles. The van der Waals surface area contributed by atoms with Gasteiger partial charge in [0.15, 0.2) is 0 Å². The standard InChI is InChI=1S/C11H14ClNO2S/c1-13-7-6-10(8-13)9-2-4-11(5-3-9)16(12,14)15/h2-5,10H,6-8H2,1H3. The first-order valence-corrected chi connectivity index (χ1v) is 7.51. The van der Waals surface area contributed by atoms with Gasteiger partial charge in [-0.3, -0.25) is 0 Å². The lowest BCUT2D eigenvalue weighted by Crippen LogP contribution is -2.13. The molecule has 0 saturated carbocycles. The predicted molar refractivity (Wildman–Crippen MR) is 64.3 cm³/mol. The van der Waals surface area contributed by atoms with Crippen LogP contribution in [0.3, 0.4) is 0 Å². The van der Waals surface area contributed by atoms with Crippen LogP contribution in [-0.4, -0.2) is 33.5 Å². The molecule has 1 unspecified atom stereocenters. The number of hydrogen-bond acceptors (Lipinski definition) is 3. The molecule has 0 amide bonds. The monoisotopic (exact) mass is 259 g/mol. The number of hydrogen-bond donors (Lipinski definition) is 0. The zero-order chi connectivity index (χ0) is 11.8. The van der Waals surface area contributed by atoms with Gasteiger partial charge < -0.3 is 4.90 Å². The lowest BCUT2D eigenvalue weighted by molar-refractivity contribution is 0.411. The van der Waals surface area contributed by atoms with E-state index in [0.29, 0.717) is 5.92 Å². The third-order valence-corrected chi connectivity index (χ3v) is 4.39. The Balaban J connectivity index is 2.20. The molecule has 1 aromatic rings. The molecule has 0 spiro atoms. The number of likely N-dealkylation sites (tertiary alicyclic amines) is 1. The van der Waals surface area contributed by atoms with E-state index in [2.05, 4.69) is 11.9 Å². The Labute approximate surface area is 100 Å². The molecule has 1 saturated heterocycles. The van der Waals surface area contributed by atoms with Gasteiger partial charge in [-0.05, 0) is 43.6 Å². The molecule has 1 atom stereocenters. The fourth-order valence-corrected chi connectivity index (χ4v) is 2.88. The zero-order valence-corrected chi connectivity index (χ0v) is 10.6. The quantitative estimate of drug-likeness (QED) is 0.763. The van der Waals surface area contributed by atoms with Gasteiger partial charge in [0, 0.05) is 17.2 Å². The average molecular weight is 260 g/mol. The number of rotatable bonds is 2. The van der Waals surface area contributed by atoms with Crippen molar-refractivity contribution in [2.75, 3.05) is 20.1 Å². The first kappa shape index (κ1) is 11.9. The van der Waals surface area contributed by atoms with Gasteiger partial charge in [0.25, 0.3) is 9.05 Å². The molecular weight excluding hydrogens is 246 g/mol. The summed E-state index contributed by atoms with van der Waals surface area (Å²) < 4.78 is 22.1. The van der Waals surface area contributed by atoms with Gasteiger partial charge in [-0.2, -0.15) is 0 Å². The highest BCUT2D eigenvalue weighted by molar-refractivity contribution is 8.13. The van der Waals surface area contributed by atoms with Crippen LogP contribution in [0.5, 0.6) is 0 Å². The van der Waals surface area contributed by atoms with Gasteiger partial charge in [0.2, 0.25) is 0 Å². The Kier molecular flexibility index (Phi) is 3.24. The van der Waals surface area contributed by atoms with E-state index in [-0.39, 0.29) is 4.90 Å². The maximum atomic E-state index is 11.1. The van der Waals surface area contributed by atoms with Crippen LogP contribution >= 0.6 is 10.7 Å². The minimum Gasteiger partial charge on any atom is -0.306 e. The van der Waals surface area contributed by atoms with Crippen molar-refractivity contribution in [2.24, 2.45) is 0 Å². The van der Waals surface area contributed by atoms with Crippen molar-refractivity contribution < 1.29 is 8.42 Å². The van der Waals surface area contributed by atoms with E-state index >= 15 is 0 Å². The Morgan fingerprint density at radius 3 is 2.38 bits per heavy atom. The molecule has 0 radical (unpaired) electrons. The lowest BCUT2D eigenvalue weighted by atomic mass is 9.99. The van der Waals surface area contributed by atoms with Crippen LogP contribution in [0.1, 0.15) is 17.9 Å². The van der Waals surface area contributed by atoms with Crippen LogP contribution in [0.4, 0.5) is 0 Å². The summed E-state index contributed by atoms with van der Waals surface area (Å²) in [5.41, 5.74) is 1.19. The van der Waals surface area contributed by atoms with Crippen LogP contribution in [0.15, 0.2) is 29.2 Å². The highest BCUT2D eigenvalue weighted by Crippen LogP contribution is 2.27. The van der Waals surface area contributed by atoms with Crippen molar-refractivity contribution >= 4 is 19.7 Å². The van der Waals surface area contributed by atoms with Crippen molar-refractivity contribution in [3.63, 3.8) is 0 Å². The van der Waals surface area contributed by atoms with Gasteiger partial charge in [0.05, 0.1) is 4.90 Å². The van der Waals surface area contributed by atoms with E-state index in [9.17, 15) is 8.42 Å². The summed E-state index contributed by atoms with van der Waals surface area (Å²) in [5, 5.41) is 0. The van der Waals surface area contributed by atoms with Crippen molar-refractivity contribution in [3.8, 4) is 0 Å². The van der Waals surface area contributed by atoms with Crippen molar-refractivity contribution in [3.05, 3.63) is 29.8 Å². The number of benzene rings is 1. The number of halogens is 1. The molecule has 0 aromatic heterocycles. The normalized spacial score (nSPS) is 22.5. The SMILES string of the molecule is CN1CCC(c2ccc(S(=O)(=O)Cl)cc2)C1. The molecule has 1 fully saturated rings. The molecule has 5 heteroatoms. The molecule has 0 bridgehead atoms. The molecular formula is C11H14ClNO2S. The summed E-state index contributed by atoms with van der Waals surface area (Å²) in [7, 11) is 3.76. The Morgan fingerprint density at radius 1 is 1.31 bits per heavy atom. The van der Waals surface area contributed by atoms with Gasteiger partial charge in [0.1, 0.15) is 0 Å². The second-order valence-corrected chi connectivity index (χ2v) is 6.82. The fraction of sp³-hybridized carbons (Fsp3) is 0.455. The summed E-state index contributed by atoms with van der Waals surface area (Å²) >= 11 is 0. The van der Waals surface area contributed by atoms with Gasteiger partial charge in [-0.1, -0.05) is 12.1 Å². The third-order valence-electron chi connectivity index (χ3n) is 3.02. The van der Waals surface area contributed by atoms with Gasteiger partial charge >= 0.3 is 0 Å². The molecule has 1 heterocycles. The van der Waals surface area contributed by atoms with Crippen molar-refractivity contribution in [1.82, 2.24) is 4.90 Å². The van der Waals surface area contributed by atoms with E-state index in [1.54, 1.807) is 12.1 Å². The second-order valence-electron chi connectivity index (χ2n) is 4.25. The Hall–Kier alpha value is -0.580. The van der Waals surface area contributed by atoms with Crippen LogP contribution < -0.4 is 0 Å². The smallest absolute Gasteiger partial charge is 0.261 e. The predicted octanol–water partition coefficient (Wildman–Crippen LogP) is 2.03. The van der Waals surface area contributed by atoms with Crippen LogP contribution in [-0.2, 0) is 9.05 Å². The minimum absolute atomic E-state index is 0.171. The van der Waals surface area contributed by atoms with Crippen LogP contribution in [0, 0.1) is 0 Å². The van der Waals surface area contributed by atoms with Crippen molar-refractivity contribution in [1.29, 1.82) is 0 Å². The molecule has 1 aromatic carbocycles. The van der Waals surface area contributed by atoms with E-state index < -0.39 is 9.05 Å². The maximum Gasteiger partial charge on any atom is 0.261 e. The molecule has 3 nitrogen and oxygen atoms in total. The topological polar surface area (TPSA) is 37.4 Å². The summed E-state index contributed by atoms with van der Waals surface area (Å²) in [6.07, 6.45) is 1.13. The zero-order valence-electron chi connectivity index (χ0n) is 9.06. The van der Waals surface area contributed by atoms with E-state index in [4.69, 9.17) is 10.7 Å². The Bertz CT molecular complexity index is 469. The van der Waals surface area contributed by atoms with Gasteiger partial charge in [-0.25, -0.2) is 8.42 Å². The van der Waals surface area contributed by atoms with E-state index in [1.807, 2.05) is 12.1 Å². The molecule has 0 N–H and O–H groups in total. The summed E-state index contributed by atoms with van der Waals surface area (Å²) in [6.45, 7) is 2.13. The summed E-state index contributed by atoms with van der Waals surface area (Å²) in [6, 6.07) is 6.88. The van der Waals surface area contributed by atoms with Gasteiger partial charge in [-0.15, -0.1) is 0 Å².